The van der Waals surface area contributed by atoms with E-state index in [9.17, 15) is 0 Å². The predicted octanol–water partition coefficient (Wildman–Crippen LogP) is 3.49. The van der Waals surface area contributed by atoms with Gasteiger partial charge >= 0.3 is 0 Å². The van der Waals surface area contributed by atoms with Gasteiger partial charge in [0, 0.05) is 21.6 Å². The number of nitrogens with zero attached hydrogens (tertiary/aromatic N) is 1. The Bertz CT molecular complexity index is 704. The third-order valence-corrected chi connectivity index (χ3v) is 3.68. The smallest absolute Gasteiger partial charge is 0.0867 e. The molecule has 3 aromatic rings. The number of benzene rings is 1. The van der Waals surface area contributed by atoms with E-state index in [2.05, 4.69) is 38.0 Å². The second-order valence-electron chi connectivity index (χ2n) is 4.42. The summed E-state index contributed by atoms with van der Waals surface area (Å²) in [5, 5.41) is 1.21. The highest BCUT2D eigenvalue weighted by Crippen LogP contribution is 2.31. The molecule has 0 saturated carbocycles. The lowest BCUT2D eigenvalue weighted by Crippen LogP contribution is -2.03. The molecule has 3 N–H and O–H groups in total. The van der Waals surface area contributed by atoms with Crippen LogP contribution in [0.2, 0.25) is 0 Å². The Balaban J connectivity index is 2.26. The third-order valence-electron chi connectivity index (χ3n) is 3.18. The van der Waals surface area contributed by atoms with Crippen molar-refractivity contribution in [1.29, 1.82) is 0 Å². The van der Waals surface area contributed by atoms with E-state index < -0.39 is 0 Å². The fraction of sp³-hybridized carbons (Fsp3) is 0.133. The Morgan fingerprint density at radius 3 is 2.84 bits per heavy atom. The van der Waals surface area contributed by atoms with Gasteiger partial charge in [0.25, 0.3) is 0 Å². The zero-order chi connectivity index (χ0) is 13.2. The SMILES string of the molecule is NCCc1c(-c2ccccn2)[nH]c2ccc(Br)cc12. The lowest BCUT2D eigenvalue weighted by Gasteiger charge is -2.02. The number of hydrogen-bond acceptors (Lipinski definition) is 2. The van der Waals surface area contributed by atoms with E-state index in [4.69, 9.17) is 5.73 Å². The molecule has 0 aliphatic rings. The summed E-state index contributed by atoms with van der Waals surface area (Å²) in [6.07, 6.45) is 2.64. The minimum absolute atomic E-state index is 0.624. The molecule has 0 amide bonds. The number of pyridine rings is 1. The molecule has 2 heterocycles. The van der Waals surface area contributed by atoms with Crippen molar-refractivity contribution in [2.45, 2.75) is 6.42 Å². The van der Waals surface area contributed by atoms with Gasteiger partial charge in [-0.2, -0.15) is 0 Å². The van der Waals surface area contributed by atoms with E-state index in [1.54, 1.807) is 0 Å². The highest BCUT2D eigenvalue weighted by atomic mass is 79.9. The first-order valence-corrected chi connectivity index (χ1v) is 7.00. The highest BCUT2D eigenvalue weighted by Gasteiger charge is 2.13. The van der Waals surface area contributed by atoms with Crippen molar-refractivity contribution >= 4 is 26.8 Å². The normalized spacial score (nSPS) is 11.1. The van der Waals surface area contributed by atoms with E-state index in [0.717, 1.165) is 27.8 Å². The van der Waals surface area contributed by atoms with Gasteiger partial charge in [-0.1, -0.05) is 22.0 Å². The number of fused-ring (bicyclic) bond motifs is 1. The molecule has 0 unspecified atom stereocenters. The van der Waals surface area contributed by atoms with Gasteiger partial charge in [0.1, 0.15) is 0 Å². The summed E-state index contributed by atoms with van der Waals surface area (Å²) in [5.41, 5.74) is 10.1. The molecule has 4 heteroatoms. The maximum Gasteiger partial charge on any atom is 0.0867 e. The van der Waals surface area contributed by atoms with E-state index in [1.807, 2.05) is 30.5 Å². The fourth-order valence-corrected chi connectivity index (χ4v) is 2.71. The Hall–Kier alpha value is -1.65. The van der Waals surface area contributed by atoms with Crippen molar-refractivity contribution in [3.63, 3.8) is 0 Å². The first-order chi connectivity index (χ1) is 9.29. The van der Waals surface area contributed by atoms with Gasteiger partial charge in [0.2, 0.25) is 0 Å². The molecule has 3 rings (SSSR count). The molecule has 0 aliphatic carbocycles. The molecular formula is C15H14BrN3. The number of aromatic nitrogens is 2. The van der Waals surface area contributed by atoms with Crippen molar-refractivity contribution in [1.82, 2.24) is 9.97 Å². The average molecular weight is 316 g/mol. The molecule has 1 aromatic carbocycles. The minimum atomic E-state index is 0.624. The second-order valence-corrected chi connectivity index (χ2v) is 5.34. The van der Waals surface area contributed by atoms with Crippen LogP contribution in [0.15, 0.2) is 47.1 Å². The summed E-state index contributed by atoms with van der Waals surface area (Å²) >= 11 is 3.52. The van der Waals surface area contributed by atoms with Crippen molar-refractivity contribution in [2.24, 2.45) is 5.73 Å². The second kappa shape index (κ2) is 5.15. The lowest BCUT2D eigenvalue weighted by molar-refractivity contribution is 0.976. The van der Waals surface area contributed by atoms with Gasteiger partial charge in [-0.15, -0.1) is 0 Å². The maximum absolute atomic E-state index is 5.75. The number of hydrogen-bond donors (Lipinski definition) is 2. The van der Waals surface area contributed by atoms with Crippen LogP contribution in [-0.2, 0) is 6.42 Å². The Morgan fingerprint density at radius 1 is 1.21 bits per heavy atom. The molecule has 3 nitrogen and oxygen atoms in total. The molecule has 0 saturated heterocycles. The molecule has 0 radical (unpaired) electrons. The van der Waals surface area contributed by atoms with Gasteiger partial charge in [-0.05, 0) is 48.9 Å². The topological polar surface area (TPSA) is 54.7 Å². The van der Waals surface area contributed by atoms with Gasteiger partial charge in [-0.25, -0.2) is 0 Å². The van der Waals surface area contributed by atoms with Crippen molar-refractivity contribution in [3.8, 4) is 11.4 Å². The summed E-state index contributed by atoms with van der Waals surface area (Å²) in [4.78, 5) is 7.88. The van der Waals surface area contributed by atoms with Crippen molar-refractivity contribution < 1.29 is 0 Å². The lowest BCUT2D eigenvalue weighted by atomic mass is 10.1. The zero-order valence-corrected chi connectivity index (χ0v) is 11.9. The first-order valence-electron chi connectivity index (χ1n) is 6.21. The minimum Gasteiger partial charge on any atom is -0.353 e. The van der Waals surface area contributed by atoms with Crippen LogP contribution in [0, 0.1) is 0 Å². The quantitative estimate of drug-likeness (QED) is 0.777. The maximum atomic E-state index is 5.75. The summed E-state index contributed by atoms with van der Waals surface area (Å²) < 4.78 is 1.07. The molecule has 0 aliphatic heterocycles. The third kappa shape index (κ3) is 2.29. The summed E-state index contributed by atoms with van der Waals surface area (Å²) in [6, 6.07) is 12.2. The van der Waals surface area contributed by atoms with Gasteiger partial charge in [-0.3, -0.25) is 4.98 Å². The van der Waals surface area contributed by atoms with Crippen molar-refractivity contribution in [3.05, 3.63) is 52.6 Å². The standard InChI is InChI=1S/C15H14BrN3/c16-10-4-5-13-12(9-10)11(6-7-17)15(19-13)14-3-1-2-8-18-14/h1-5,8-9,19H,6-7,17H2. The summed E-state index contributed by atoms with van der Waals surface area (Å²) in [7, 11) is 0. The van der Waals surface area contributed by atoms with Crippen molar-refractivity contribution in [2.75, 3.05) is 6.54 Å². The molecule has 0 bridgehead atoms. The largest absolute Gasteiger partial charge is 0.353 e. The Morgan fingerprint density at radius 2 is 2.11 bits per heavy atom. The Labute approximate surface area is 120 Å². The van der Waals surface area contributed by atoms with Crippen LogP contribution in [0.1, 0.15) is 5.56 Å². The number of nitrogens with one attached hydrogen (secondary N) is 1. The summed E-state index contributed by atoms with van der Waals surface area (Å²) in [5.74, 6) is 0. The molecular weight excluding hydrogens is 302 g/mol. The summed E-state index contributed by atoms with van der Waals surface area (Å²) in [6.45, 7) is 0.624. The fourth-order valence-electron chi connectivity index (χ4n) is 2.35. The van der Waals surface area contributed by atoms with Crippen LogP contribution in [0.25, 0.3) is 22.3 Å². The van der Waals surface area contributed by atoms with Gasteiger partial charge in [0.05, 0.1) is 11.4 Å². The van der Waals surface area contributed by atoms with E-state index in [1.165, 1.54) is 10.9 Å². The van der Waals surface area contributed by atoms with Crippen LogP contribution in [0.5, 0.6) is 0 Å². The molecule has 2 aromatic heterocycles. The molecule has 0 atom stereocenters. The van der Waals surface area contributed by atoms with Gasteiger partial charge < -0.3 is 10.7 Å². The van der Waals surface area contributed by atoms with Crippen LogP contribution >= 0.6 is 15.9 Å². The van der Waals surface area contributed by atoms with E-state index in [0.29, 0.717) is 6.54 Å². The van der Waals surface area contributed by atoms with Crippen LogP contribution < -0.4 is 5.73 Å². The van der Waals surface area contributed by atoms with Gasteiger partial charge in [0.15, 0.2) is 0 Å². The van der Waals surface area contributed by atoms with Crippen LogP contribution in [0.4, 0.5) is 0 Å². The predicted molar refractivity (Wildman–Crippen MR) is 82.0 cm³/mol. The number of nitrogens with two attached hydrogens (primary N) is 1. The van der Waals surface area contributed by atoms with E-state index in [-0.39, 0.29) is 0 Å². The Kier molecular flexibility index (Phi) is 3.36. The zero-order valence-electron chi connectivity index (χ0n) is 10.4. The monoisotopic (exact) mass is 315 g/mol. The molecule has 96 valence electrons. The number of halogens is 1. The molecule has 0 fully saturated rings. The number of H-pyrrole nitrogens is 1. The van der Waals surface area contributed by atoms with Crippen LogP contribution in [-0.4, -0.2) is 16.5 Å². The number of rotatable bonds is 3. The highest BCUT2D eigenvalue weighted by molar-refractivity contribution is 9.10. The number of aromatic amines is 1. The average Bonchev–Trinajstić information content (AvgIpc) is 2.79. The molecule has 0 spiro atoms. The van der Waals surface area contributed by atoms with E-state index >= 15 is 0 Å². The first kappa shape index (κ1) is 12.4. The molecule has 19 heavy (non-hydrogen) atoms. The van der Waals surface area contributed by atoms with Crippen LogP contribution in [0.3, 0.4) is 0 Å².